The first-order valence-electron chi connectivity index (χ1n) is 7.75. The molecular formula is C17H21N5O. The predicted molar refractivity (Wildman–Crippen MR) is 88.7 cm³/mol. The molecule has 0 saturated carbocycles. The number of aromatic amines is 1. The van der Waals surface area contributed by atoms with Crippen LogP contribution in [0.5, 0.6) is 0 Å². The van der Waals surface area contributed by atoms with Crippen molar-refractivity contribution in [2.45, 2.75) is 26.3 Å². The Kier molecular flexibility index (Phi) is 4.14. The molecule has 1 aromatic carbocycles. The number of carbonyl (C=O) groups excluding carboxylic acids is 1. The molecule has 3 aromatic rings. The van der Waals surface area contributed by atoms with E-state index < -0.39 is 0 Å². The van der Waals surface area contributed by atoms with Crippen molar-refractivity contribution in [3.63, 3.8) is 0 Å². The minimum Gasteiger partial charge on any atom is -0.346 e. The number of carbonyl (C=O) groups is 1. The van der Waals surface area contributed by atoms with Crippen molar-refractivity contribution in [3.8, 4) is 0 Å². The number of hydrogen-bond acceptors (Lipinski definition) is 3. The van der Waals surface area contributed by atoms with E-state index in [-0.39, 0.29) is 24.3 Å². The summed E-state index contributed by atoms with van der Waals surface area (Å²) in [7, 11) is 1.94. The molecule has 120 valence electrons. The largest absolute Gasteiger partial charge is 0.346 e. The molecule has 0 spiro atoms. The SMILES string of the molecule is CC(C)[C@@H](NC(=O)Cc1[nH]nc2ccccc12)c1nccn1C. The van der Waals surface area contributed by atoms with Gasteiger partial charge in [-0.15, -0.1) is 0 Å². The van der Waals surface area contributed by atoms with Gasteiger partial charge in [-0.05, 0) is 12.0 Å². The number of amides is 1. The number of imidazole rings is 1. The van der Waals surface area contributed by atoms with E-state index >= 15 is 0 Å². The van der Waals surface area contributed by atoms with Crippen molar-refractivity contribution in [1.82, 2.24) is 25.1 Å². The maximum absolute atomic E-state index is 12.5. The van der Waals surface area contributed by atoms with E-state index in [1.54, 1.807) is 6.20 Å². The molecule has 2 aromatic heterocycles. The van der Waals surface area contributed by atoms with Gasteiger partial charge in [0.15, 0.2) is 0 Å². The minimum atomic E-state index is -0.114. The number of nitrogens with zero attached hydrogens (tertiary/aromatic N) is 3. The normalized spacial score (nSPS) is 12.7. The first kappa shape index (κ1) is 15.3. The molecule has 0 bridgehead atoms. The van der Waals surface area contributed by atoms with Crippen molar-refractivity contribution >= 4 is 16.8 Å². The summed E-state index contributed by atoms with van der Waals surface area (Å²) in [5.41, 5.74) is 1.71. The second-order valence-corrected chi connectivity index (χ2v) is 6.08. The van der Waals surface area contributed by atoms with Crippen LogP contribution in [0.3, 0.4) is 0 Å². The molecule has 23 heavy (non-hydrogen) atoms. The standard InChI is InChI=1S/C17H21N5O/c1-11(2)16(17-18-8-9-22(17)3)19-15(23)10-14-12-6-4-5-7-13(12)20-21-14/h4-9,11,16H,10H2,1-3H3,(H,19,23)(H,20,21)/t16-/m1/s1. The molecule has 0 aliphatic heterocycles. The lowest BCUT2D eigenvalue weighted by Crippen LogP contribution is -2.34. The van der Waals surface area contributed by atoms with Gasteiger partial charge in [0.25, 0.3) is 0 Å². The maximum Gasteiger partial charge on any atom is 0.226 e. The van der Waals surface area contributed by atoms with E-state index in [1.165, 1.54) is 0 Å². The zero-order valence-electron chi connectivity index (χ0n) is 13.6. The Balaban J connectivity index is 1.76. The number of aromatic nitrogens is 4. The Morgan fingerprint density at radius 3 is 2.83 bits per heavy atom. The monoisotopic (exact) mass is 311 g/mol. The third kappa shape index (κ3) is 3.11. The summed E-state index contributed by atoms with van der Waals surface area (Å²) >= 11 is 0. The van der Waals surface area contributed by atoms with Crippen molar-refractivity contribution in [2.75, 3.05) is 0 Å². The number of benzene rings is 1. The number of fused-ring (bicyclic) bond motifs is 1. The Morgan fingerprint density at radius 1 is 1.35 bits per heavy atom. The highest BCUT2D eigenvalue weighted by Crippen LogP contribution is 2.20. The van der Waals surface area contributed by atoms with E-state index in [0.29, 0.717) is 0 Å². The molecule has 2 heterocycles. The van der Waals surface area contributed by atoms with Crippen molar-refractivity contribution in [2.24, 2.45) is 13.0 Å². The molecule has 1 amide bonds. The van der Waals surface area contributed by atoms with Gasteiger partial charge in [-0.2, -0.15) is 5.10 Å². The average molecular weight is 311 g/mol. The number of rotatable bonds is 5. The van der Waals surface area contributed by atoms with Crippen LogP contribution in [0, 0.1) is 5.92 Å². The number of aryl methyl sites for hydroxylation is 1. The Labute approximate surface area is 134 Å². The summed E-state index contributed by atoms with van der Waals surface area (Å²) < 4.78 is 1.94. The topological polar surface area (TPSA) is 75.6 Å². The predicted octanol–water partition coefficient (Wildman–Crippen LogP) is 2.35. The minimum absolute atomic E-state index is 0.0406. The van der Waals surface area contributed by atoms with Gasteiger partial charge in [-0.25, -0.2) is 4.98 Å². The smallest absolute Gasteiger partial charge is 0.226 e. The molecule has 1 atom stereocenters. The van der Waals surface area contributed by atoms with E-state index in [4.69, 9.17) is 0 Å². The highest BCUT2D eigenvalue weighted by Gasteiger charge is 2.22. The summed E-state index contributed by atoms with van der Waals surface area (Å²) in [5.74, 6) is 1.07. The van der Waals surface area contributed by atoms with Gasteiger partial charge in [-0.3, -0.25) is 9.89 Å². The lowest BCUT2D eigenvalue weighted by molar-refractivity contribution is -0.121. The fraction of sp³-hybridized carbons (Fsp3) is 0.353. The van der Waals surface area contributed by atoms with Crippen LogP contribution in [0.4, 0.5) is 0 Å². The highest BCUT2D eigenvalue weighted by atomic mass is 16.1. The molecule has 0 aliphatic rings. The van der Waals surface area contributed by atoms with Gasteiger partial charge < -0.3 is 9.88 Å². The summed E-state index contributed by atoms with van der Waals surface area (Å²) in [6.07, 6.45) is 3.91. The maximum atomic E-state index is 12.5. The number of para-hydroxylation sites is 1. The third-order valence-electron chi connectivity index (χ3n) is 4.00. The Hall–Kier alpha value is -2.63. The zero-order chi connectivity index (χ0) is 16.4. The number of hydrogen-bond donors (Lipinski definition) is 2. The average Bonchev–Trinajstić information content (AvgIpc) is 3.12. The Bertz CT molecular complexity index is 817. The summed E-state index contributed by atoms with van der Waals surface area (Å²) in [4.78, 5) is 16.8. The molecule has 0 aliphatic carbocycles. The molecule has 3 rings (SSSR count). The highest BCUT2D eigenvalue weighted by molar-refractivity contribution is 5.87. The zero-order valence-corrected chi connectivity index (χ0v) is 13.6. The molecule has 2 N–H and O–H groups in total. The van der Waals surface area contributed by atoms with Crippen LogP contribution < -0.4 is 5.32 Å². The summed E-state index contributed by atoms with van der Waals surface area (Å²) in [6, 6.07) is 7.67. The first-order valence-corrected chi connectivity index (χ1v) is 7.75. The van der Waals surface area contributed by atoms with Gasteiger partial charge in [0.2, 0.25) is 5.91 Å². The van der Waals surface area contributed by atoms with Crippen molar-refractivity contribution < 1.29 is 4.79 Å². The molecule has 0 saturated heterocycles. The number of nitrogens with one attached hydrogen (secondary N) is 2. The van der Waals surface area contributed by atoms with E-state index in [1.807, 2.05) is 42.1 Å². The van der Waals surface area contributed by atoms with Gasteiger partial charge in [0.1, 0.15) is 5.82 Å². The fourth-order valence-corrected chi connectivity index (χ4v) is 2.74. The lowest BCUT2D eigenvalue weighted by Gasteiger charge is -2.22. The third-order valence-corrected chi connectivity index (χ3v) is 4.00. The number of H-pyrrole nitrogens is 1. The van der Waals surface area contributed by atoms with Crippen molar-refractivity contribution in [3.05, 3.63) is 48.2 Å². The van der Waals surface area contributed by atoms with Gasteiger partial charge in [0.05, 0.1) is 23.7 Å². The van der Waals surface area contributed by atoms with Crippen molar-refractivity contribution in [1.29, 1.82) is 0 Å². The van der Waals surface area contributed by atoms with Gasteiger partial charge in [0, 0.05) is 24.8 Å². The van der Waals surface area contributed by atoms with Crippen LogP contribution in [0.15, 0.2) is 36.7 Å². The quantitative estimate of drug-likeness (QED) is 0.759. The Morgan fingerprint density at radius 2 is 2.13 bits per heavy atom. The van der Waals surface area contributed by atoms with Crippen LogP contribution in [0.2, 0.25) is 0 Å². The molecule has 0 radical (unpaired) electrons. The summed E-state index contributed by atoms with van der Waals surface area (Å²) in [5, 5.41) is 11.3. The van der Waals surface area contributed by atoms with Crippen LogP contribution in [0.25, 0.3) is 10.9 Å². The molecule has 0 unspecified atom stereocenters. The second-order valence-electron chi connectivity index (χ2n) is 6.08. The molecule has 0 fully saturated rings. The van der Waals surface area contributed by atoms with Crippen LogP contribution in [-0.2, 0) is 18.3 Å². The van der Waals surface area contributed by atoms with E-state index in [9.17, 15) is 4.79 Å². The molecular weight excluding hydrogens is 290 g/mol. The molecule has 6 heteroatoms. The van der Waals surface area contributed by atoms with E-state index in [0.717, 1.165) is 22.4 Å². The van der Waals surface area contributed by atoms with Gasteiger partial charge >= 0.3 is 0 Å². The van der Waals surface area contributed by atoms with E-state index in [2.05, 4.69) is 34.3 Å². The first-order chi connectivity index (χ1) is 11.1. The summed E-state index contributed by atoms with van der Waals surface area (Å²) in [6.45, 7) is 4.15. The van der Waals surface area contributed by atoms with Crippen LogP contribution >= 0.6 is 0 Å². The lowest BCUT2D eigenvalue weighted by atomic mass is 10.0. The van der Waals surface area contributed by atoms with Crippen LogP contribution in [0.1, 0.15) is 31.4 Å². The second kappa shape index (κ2) is 6.24. The fourth-order valence-electron chi connectivity index (χ4n) is 2.74. The molecule has 6 nitrogen and oxygen atoms in total. The van der Waals surface area contributed by atoms with Gasteiger partial charge in [-0.1, -0.05) is 32.0 Å². The van der Waals surface area contributed by atoms with Crippen LogP contribution in [-0.4, -0.2) is 25.7 Å².